The van der Waals surface area contributed by atoms with E-state index in [1.54, 1.807) is 6.08 Å². The smallest absolute Gasteiger partial charge is 0.275 e. The molecule has 1 unspecified atom stereocenters. The molecule has 5 heteroatoms. The van der Waals surface area contributed by atoms with E-state index < -0.39 is 4.92 Å². The number of halogens is 1. The van der Waals surface area contributed by atoms with Gasteiger partial charge in [0.15, 0.2) is 6.29 Å². The Bertz CT molecular complexity index is 282. The Kier molecular flexibility index (Phi) is 2.75. The average Bonchev–Trinajstić information content (AvgIpc) is 2.03. The van der Waals surface area contributed by atoms with E-state index in [0.717, 1.165) is 0 Å². The summed E-state index contributed by atoms with van der Waals surface area (Å²) in [5.74, 6) is 0. The number of carbonyl (C=O) groups is 1. The molecule has 12 heavy (non-hydrogen) atoms. The molecule has 0 saturated carbocycles. The minimum absolute atomic E-state index is 0.0291. The third-order valence-electron chi connectivity index (χ3n) is 1.52. The van der Waals surface area contributed by atoms with E-state index >= 15 is 0 Å². The van der Waals surface area contributed by atoms with Crippen molar-refractivity contribution >= 4 is 22.2 Å². The molecule has 1 atom stereocenters. The van der Waals surface area contributed by atoms with Crippen molar-refractivity contribution in [3.05, 3.63) is 33.5 Å². The van der Waals surface area contributed by atoms with Crippen LogP contribution in [0, 0.1) is 10.1 Å². The Morgan fingerprint density at radius 2 is 2.42 bits per heavy atom. The zero-order valence-corrected chi connectivity index (χ0v) is 7.65. The highest BCUT2D eigenvalue weighted by Crippen LogP contribution is 2.21. The molecule has 4 nitrogen and oxygen atoms in total. The first-order valence-electron chi connectivity index (χ1n) is 3.31. The minimum Gasteiger partial charge on any atom is -0.298 e. The van der Waals surface area contributed by atoms with Gasteiger partial charge in [-0.2, -0.15) is 0 Å². The zero-order valence-electron chi connectivity index (χ0n) is 6.07. The second-order valence-electron chi connectivity index (χ2n) is 2.34. The van der Waals surface area contributed by atoms with Crippen molar-refractivity contribution in [3.8, 4) is 0 Å². The zero-order chi connectivity index (χ0) is 9.14. The van der Waals surface area contributed by atoms with E-state index in [-0.39, 0.29) is 16.1 Å². The standard InChI is InChI=1S/C7H6BrNO3/c8-6-1-2-7(9(11)12)5(3-6)4-10/h2-4,6H,1H2. The van der Waals surface area contributed by atoms with Gasteiger partial charge in [-0.05, 0) is 12.5 Å². The molecule has 0 bridgehead atoms. The highest BCUT2D eigenvalue weighted by molar-refractivity contribution is 9.09. The molecule has 0 radical (unpaired) electrons. The fourth-order valence-electron chi connectivity index (χ4n) is 0.970. The first-order chi connectivity index (χ1) is 5.65. The number of hydrogen-bond acceptors (Lipinski definition) is 3. The fourth-order valence-corrected chi connectivity index (χ4v) is 1.44. The van der Waals surface area contributed by atoms with E-state index in [0.29, 0.717) is 12.7 Å². The summed E-state index contributed by atoms with van der Waals surface area (Å²) in [6.07, 6.45) is 4.05. The second-order valence-corrected chi connectivity index (χ2v) is 3.51. The van der Waals surface area contributed by atoms with Crippen molar-refractivity contribution in [1.82, 2.24) is 0 Å². The van der Waals surface area contributed by atoms with Crippen molar-refractivity contribution in [2.75, 3.05) is 0 Å². The van der Waals surface area contributed by atoms with Crippen LogP contribution in [0.2, 0.25) is 0 Å². The molecule has 0 aliphatic heterocycles. The lowest BCUT2D eigenvalue weighted by Crippen LogP contribution is -2.10. The van der Waals surface area contributed by atoms with Gasteiger partial charge < -0.3 is 0 Å². The summed E-state index contributed by atoms with van der Waals surface area (Å²) in [5, 5.41) is 10.4. The lowest BCUT2D eigenvalue weighted by atomic mass is 10.1. The Labute approximate surface area is 77.2 Å². The first-order valence-corrected chi connectivity index (χ1v) is 4.22. The molecule has 1 aliphatic carbocycles. The van der Waals surface area contributed by atoms with Gasteiger partial charge in [0.05, 0.1) is 10.5 Å². The highest BCUT2D eigenvalue weighted by Gasteiger charge is 2.21. The highest BCUT2D eigenvalue weighted by atomic mass is 79.9. The molecule has 0 fully saturated rings. The summed E-state index contributed by atoms with van der Waals surface area (Å²) in [4.78, 5) is 20.2. The predicted molar refractivity (Wildman–Crippen MR) is 46.6 cm³/mol. The number of rotatable bonds is 2. The van der Waals surface area contributed by atoms with Gasteiger partial charge in [0, 0.05) is 4.83 Å². The van der Waals surface area contributed by atoms with Crippen LogP contribution in [0.25, 0.3) is 0 Å². The van der Waals surface area contributed by atoms with Gasteiger partial charge in [0.1, 0.15) is 0 Å². The maximum atomic E-state index is 10.4. The summed E-state index contributed by atoms with van der Waals surface area (Å²) in [6, 6.07) is 0. The Hall–Kier alpha value is -0.970. The normalized spacial score (nSPS) is 22.6. The molecule has 64 valence electrons. The van der Waals surface area contributed by atoms with Gasteiger partial charge in [0.25, 0.3) is 5.70 Å². The maximum absolute atomic E-state index is 10.4. The van der Waals surface area contributed by atoms with Crippen molar-refractivity contribution in [2.24, 2.45) is 0 Å². The first kappa shape index (κ1) is 9.12. The summed E-state index contributed by atoms with van der Waals surface area (Å²) < 4.78 is 0. The van der Waals surface area contributed by atoms with Crippen LogP contribution in [0.1, 0.15) is 6.42 Å². The Morgan fingerprint density at radius 1 is 1.75 bits per heavy atom. The van der Waals surface area contributed by atoms with E-state index in [1.807, 2.05) is 0 Å². The molecule has 0 amide bonds. The van der Waals surface area contributed by atoms with Crippen LogP contribution >= 0.6 is 15.9 Å². The van der Waals surface area contributed by atoms with Gasteiger partial charge in [-0.1, -0.05) is 22.0 Å². The number of nitro groups is 1. The van der Waals surface area contributed by atoms with Gasteiger partial charge in [-0.3, -0.25) is 14.9 Å². The molecule has 0 aromatic carbocycles. The summed E-state index contributed by atoms with van der Waals surface area (Å²) in [7, 11) is 0. The summed E-state index contributed by atoms with van der Waals surface area (Å²) >= 11 is 3.24. The lowest BCUT2D eigenvalue weighted by Gasteiger charge is -2.07. The summed E-state index contributed by atoms with van der Waals surface area (Å²) in [5.41, 5.74) is 0.0498. The molecule has 0 N–H and O–H groups in total. The van der Waals surface area contributed by atoms with E-state index in [9.17, 15) is 14.9 Å². The number of aldehydes is 1. The minimum atomic E-state index is -0.543. The van der Waals surface area contributed by atoms with Crippen molar-refractivity contribution in [3.63, 3.8) is 0 Å². The van der Waals surface area contributed by atoms with Crippen LogP contribution in [0.5, 0.6) is 0 Å². The van der Waals surface area contributed by atoms with Crippen molar-refractivity contribution in [2.45, 2.75) is 11.2 Å². The largest absolute Gasteiger partial charge is 0.298 e. The molecule has 0 saturated heterocycles. The topological polar surface area (TPSA) is 60.2 Å². The molecule has 0 aromatic rings. The van der Waals surface area contributed by atoms with E-state index in [4.69, 9.17) is 0 Å². The Morgan fingerprint density at radius 3 is 2.92 bits per heavy atom. The maximum Gasteiger partial charge on any atom is 0.275 e. The van der Waals surface area contributed by atoms with Crippen LogP contribution in [0.15, 0.2) is 23.4 Å². The van der Waals surface area contributed by atoms with E-state index in [1.165, 1.54) is 6.08 Å². The molecule has 1 rings (SSSR count). The van der Waals surface area contributed by atoms with Gasteiger partial charge in [-0.15, -0.1) is 0 Å². The van der Waals surface area contributed by atoms with Crippen LogP contribution in [0.4, 0.5) is 0 Å². The quantitative estimate of drug-likeness (QED) is 0.313. The van der Waals surface area contributed by atoms with Gasteiger partial charge in [-0.25, -0.2) is 0 Å². The number of carbonyl (C=O) groups excluding carboxylic acids is 1. The molecule has 1 aliphatic rings. The number of allylic oxidation sites excluding steroid dienone is 3. The van der Waals surface area contributed by atoms with Crippen LogP contribution < -0.4 is 0 Å². The van der Waals surface area contributed by atoms with E-state index in [2.05, 4.69) is 15.9 Å². The number of nitrogens with zero attached hydrogens (tertiary/aromatic N) is 1. The van der Waals surface area contributed by atoms with Crippen LogP contribution in [0.3, 0.4) is 0 Å². The van der Waals surface area contributed by atoms with Crippen molar-refractivity contribution < 1.29 is 9.72 Å². The van der Waals surface area contributed by atoms with Gasteiger partial charge in [0.2, 0.25) is 0 Å². The van der Waals surface area contributed by atoms with Crippen molar-refractivity contribution in [1.29, 1.82) is 0 Å². The average molecular weight is 232 g/mol. The number of hydrogen-bond donors (Lipinski definition) is 0. The monoisotopic (exact) mass is 231 g/mol. The molecule has 0 aromatic heterocycles. The lowest BCUT2D eigenvalue weighted by molar-refractivity contribution is -0.420. The predicted octanol–water partition coefficient (Wildman–Crippen LogP) is 1.44. The molecule has 0 spiro atoms. The molecule has 0 heterocycles. The van der Waals surface area contributed by atoms with Crippen LogP contribution in [-0.2, 0) is 4.79 Å². The second kappa shape index (κ2) is 3.62. The van der Waals surface area contributed by atoms with Gasteiger partial charge >= 0.3 is 0 Å². The fraction of sp³-hybridized carbons (Fsp3) is 0.286. The number of alkyl halides is 1. The van der Waals surface area contributed by atoms with Crippen LogP contribution in [-0.4, -0.2) is 16.0 Å². The molecular weight excluding hydrogens is 226 g/mol. The third-order valence-corrected chi connectivity index (χ3v) is 2.15. The summed E-state index contributed by atoms with van der Waals surface area (Å²) in [6.45, 7) is 0. The third kappa shape index (κ3) is 1.79. The molecular formula is C7H6BrNO3. The SMILES string of the molecule is O=CC1=CC(Br)CC=C1[N+](=O)[O-]. The Balaban J connectivity index is 2.96.